The number of benzene rings is 4. The number of nitrogens with zero attached hydrogens (tertiary/aromatic N) is 2. The average molecular weight is 670 g/mol. The SMILES string of the molecule is COc1ccc(S(=O)(=O)N(CC(=O)N(Cc2cccc(C)c2)[C@@H](Cc2ccccc2)C(=O)NC2CCCC2)c2ccccc2)cc1OC. The third-order valence-corrected chi connectivity index (χ3v) is 10.4. The van der Waals surface area contributed by atoms with Crippen LogP contribution in [0.25, 0.3) is 0 Å². The summed E-state index contributed by atoms with van der Waals surface area (Å²) in [5.74, 6) is -0.140. The standard InChI is InChI=1S/C38H43N3O6S/c1-28-13-12-16-30(23-28)26-40(34(24-29-14-6-4-7-15-29)38(43)39-31-17-10-11-18-31)37(42)27-41(32-19-8-5-9-20-32)48(44,45)33-21-22-35(46-2)36(25-33)47-3/h4-9,12-16,19-23,25,31,34H,10-11,17-18,24,26-27H2,1-3H3,(H,39,43)/t34-/m0/s1. The number of ether oxygens (including phenoxy) is 2. The molecule has 0 unspecified atom stereocenters. The molecule has 0 bridgehead atoms. The smallest absolute Gasteiger partial charge is 0.264 e. The Morgan fingerprint density at radius 1 is 0.812 bits per heavy atom. The van der Waals surface area contributed by atoms with E-state index < -0.39 is 28.5 Å². The molecule has 1 aliphatic carbocycles. The number of nitrogens with one attached hydrogen (secondary N) is 1. The summed E-state index contributed by atoms with van der Waals surface area (Å²) in [5, 5.41) is 3.21. The summed E-state index contributed by atoms with van der Waals surface area (Å²) in [5.41, 5.74) is 3.05. The van der Waals surface area contributed by atoms with Crippen molar-refractivity contribution < 1.29 is 27.5 Å². The van der Waals surface area contributed by atoms with E-state index in [1.54, 1.807) is 30.3 Å². The molecule has 2 amide bonds. The fourth-order valence-electron chi connectivity index (χ4n) is 6.16. The van der Waals surface area contributed by atoms with E-state index in [0.29, 0.717) is 11.4 Å². The Hall–Kier alpha value is -4.83. The van der Waals surface area contributed by atoms with Gasteiger partial charge in [-0.05, 0) is 55.2 Å². The normalized spacial score (nSPS) is 13.8. The molecule has 252 valence electrons. The fraction of sp³-hybridized carbons (Fsp3) is 0.316. The minimum absolute atomic E-state index is 0.0398. The molecule has 1 fully saturated rings. The van der Waals surface area contributed by atoms with Crippen LogP contribution in [0.15, 0.2) is 108 Å². The monoisotopic (exact) mass is 669 g/mol. The van der Waals surface area contributed by atoms with Crippen molar-refractivity contribution in [2.75, 3.05) is 25.1 Å². The molecule has 1 aliphatic rings. The molecule has 0 spiro atoms. The van der Waals surface area contributed by atoms with Crippen LogP contribution in [-0.4, -0.2) is 58.0 Å². The highest BCUT2D eigenvalue weighted by Crippen LogP contribution is 2.32. The summed E-state index contributed by atoms with van der Waals surface area (Å²) in [4.78, 5) is 30.3. The lowest BCUT2D eigenvalue weighted by atomic mass is 10.0. The topological polar surface area (TPSA) is 105 Å². The van der Waals surface area contributed by atoms with E-state index in [9.17, 15) is 18.0 Å². The van der Waals surface area contributed by atoms with Crippen LogP contribution in [0.2, 0.25) is 0 Å². The highest BCUT2D eigenvalue weighted by molar-refractivity contribution is 7.92. The van der Waals surface area contributed by atoms with Crippen molar-refractivity contribution in [3.8, 4) is 11.5 Å². The summed E-state index contributed by atoms with van der Waals surface area (Å²) < 4.78 is 40.5. The highest BCUT2D eigenvalue weighted by atomic mass is 32.2. The van der Waals surface area contributed by atoms with Crippen molar-refractivity contribution in [1.82, 2.24) is 10.2 Å². The number of hydrogen-bond acceptors (Lipinski definition) is 6. The van der Waals surface area contributed by atoms with Crippen LogP contribution in [0, 0.1) is 6.92 Å². The Bertz CT molecular complexity index is 1790. The minimum Gasteiger partial charge on any atom is -0.493 e. The second-order valence-electron chi connectivity index (χ2n) is 12.1. The van der Waals surface area contributed by atoms with Gasteiger partial charge >= 0.3 is 0 Å². The molecule has 1 N–H and O–H groups in total. The molecular formula is C38H43N3O6S. The predicted molar refractivity (Wildman–Crippen MR) is 187 cm³/mol. The number of anilines is 1. The molecule has 0 saturated heterocycles. The summed E-state index contributed by atoms with van der Waals surface area (Å²) in [6.45, 7) is 1.56. The van der Waals surface area contributed by atoms with Gasteiger partial charge in [-0.15, -0.1) is 0 Å². The largest absolute Gasteiger partial charge is 0.493 e. The van der Waals surface area contributed by atoms with Gasteiger partial charge in [0.2, 0.25) is 11.8 Å². The van der Waals surface area contributed by atoms with Gasteiger partial charge in [-0.2, -0.15) is 0 Å². The highest BCUT2D eigenvalue weighted by Gasteiger charge is 2.36. The Balaban J connectivity index is 1.57. The number of hydrogen-bond donors (Lipinski definition) is 1. The summed E-state index contributed by atoms with van der Waals surface area (Å²) >= 11 is 0. The van der Waals surface area contributed by atoms with Gasteiger partial charge in [0.15, 0.2) is 11.5 Å². The number of methoxy groups -OCH3 is 2. The van der Waals surface area contributed by atoms with E-state index in [2.05, 4.69) is 5.32 Å². The van der Waals surface area contributed by atoms with E-state index >= 15 is 0 Å². The number of carbonyl (C=O) groups is 2. The first-order valence-corrected chi connectivity index (χ1v) is 17.6. The van der Waals surface area contributed by atoms with Crippen molar-refractivity contribution in [2.24, 2.45) is 0 Å². The van der Waals surface area contributed by atoms with E-state index in [4.69, 9.17) is 9.47 Å². The number of carbonyl (C=O) groups excluding carboxylic acids is 2. The van der Waals surface area contributed by atoms with Crippen molar-refractivity contribution in [1.29, 1.82) is 0 Å². The van der Waals surface area contributed by atoms with Crippen LogP contribution in [0.4, 0.5) is 5.69 Å². The zero-order chi connectivity index (χ0) is 34.1. The van der Waals surface area contributed by atoms with E-state index in [1.807, 2.05) is 61.5 Å². The zero-order valence-electron chi connectivity index (χ0n) is 27.7. The fourth-order valence-corrected chi connectivity index (χ4v) is 7.59. The molecule has 4 aromatic rings. The van der Waals surface area contributed by atoms with Crippen LogP contribution in [0.5, 0.6) is 11.5 Å². The van der Waals surface area contributed by atoms with E-state index in [-0.39, 0.29) is 35.6 Å². The van der Waals surface area contributed by atoms with Crippen LogP contribution in [0.3, 0.4) is 0 Å². The lowest BCUT2D eigenvalue weighted by Crippen LogP contribution is -2.54. The average Bonchev–Trinajstić information content (AvgIpc) is 3.62. The Kier molecular flexibility index (Phi) is 11.4. The first kappa shape index (κ1) is 34.5. The van der Waals surface area contributed by atoms with Crippen LogP contribution < -0.4 is 19.1 Å². The maximum Gasteiger partial charge on any atom is 0.264 e. The number of aryl methyl sites for hydroxylation is 1. The number of amides is 2. The minimum atomic E-state index is -4.29. The second-order valence-corrected chi connectivity index (χ2v) is 13.9. The molecule has 1 saturated carbocycles. The Morgan fingerprint density at radius 2 is 1.46 bits per heavy atom. The zero-order valence-corrected chi connectivity index (χ0v) is 28.5. The lowest BCUT2D eigenvalue weighted by Gasteiger charge is -2.34. The van der Waals surface area contributed by atoms with E-state index in [0.717, 1.165) is 46.7 Å². The molecule has 0 aliphatic heterocycles. The van der Waals surface area contributed by atoms with Crippen LogP contribution in [0.1, 0.15) is 42.4 Å². The van der Waals surface area contributed by atoms with Crippen LogP contribution in [-0.2, 0) is 32.6 Å². The summed E-state index contributed by atoms with van der Waals surface area (Å²) in [6, 6.07) is 29.3. The van der Waals surface area contributed by atoms with Gasteiger partial charge in [-0.3, -0.25) is 13.9 Å². The second kappa shape index (κ2) is 15.8. The Labute approximate surface area is 283 Å². The molecule has 1 atom stereocenters. The van der Waals surface area contributed by atoms with Gasteiger partial charge in [0, 0.05) is 25.1 Å². The lowest BCUT2D eigenvalue weighted by molar-refractivity contribution is -0.140. The molecule has 0 radical (unpaired) electrons. The molecule has 48 heavy (non-hydrogen) atoms. The molecular weight excluding hydrogens is 627 g/mol. The van der Waals surface area contributed by atoms with Gasteiger partial charge in [0.05, 0.1) is 24.8 Å². The molecule has 9 nitrogen and oxygen atoms in total. The van der Waals surface area contributed by atoms with Gasteiger partial charge in [0.1, 0.15) is 12.6 Å². The predicted octanol–water partition coefficient (Wildman–Crippen LogP) is 5.91. The van der Waals surface area contributed by atoms with Gasteiger partial charge in [-0.25, -0.2) is 8.42 Å². The molecule has 0 aromatic heterocycles. The molecule has 5 rings (SSSR count). The van der Waals surface area contributed by atoms with Crippen LogP contribution >= 0.6 is 0 Å². The summed E-state index contributed by atoms with van der Waals surface area (Å²) in [6.07, 6.45) is 4.13. The van der Waals surface area contributed by atoms with Gasteiger partial charge in [-0.1, -0.05) is 91.2 Å². The third-order valence-electron chi connectivity index (χ3n) is 8.67. The first-order valence-electron chi connectivity index (χ1n) is 16.2. The molecule has 10 heteroatoms. The third kappa shape index (κ3) is 8.36. The van der Waals surface area contributed by atoms with Crippen molar-refractivity contribution in [2.45, 2.75) is 62.6 Å². The molecule has 0 heterocycles. The summed E-state index contributed by atoms with van der Waals surface area (Å²) in [7, 11) is -1.39. The number of rotatable bonds is 14. The van der Waals surface area contributed by atoms with Crippen molar-refractivity contribution >= 4 is 27.5 Å². The van der Waals surface area contributed by atoms with Gasteiger partial charge < -0.3 is 19.7 Å². The van der Waals surface area contributed by atoms with E-state index in [1.165, 1.54) is 37.3 Å². The van der Waals surface area contributed by atoms with Crippen molar-refractivity contribution in [3.05, 3.63) is 120 Å². The van der Waals surface area contributed by atoms with Gasteiger partial charge in [0.25, 0.3) is 10.0 Å². The van der Waals surface area contributed by atoms with Crippen molar-refractivity contribution in [3.63, 3.8) is 0 Å². The first-order chi connectivity index (χ1) is 23.2. The maximum atomic E-state index is 14.7. The number of sulfonamides is 1. The molecule has 4 aromatic carbocycles. The maximum absolute atomic E-state index is 14.7. The Morgan fingerprint density at radius 3 is 2.10 bits per heavy atom. The number of para-hydroxylation sites is 1. The quantitative estimate of drug-likeness (QED) is 0.179.